The zero-order valence-electron chi connectivity index (χ0n) is 33.7. The van der Waals surface area contributed by atoms with Crippen LogP contribution in [0, 0.1) is 0 Å². The number of H-pyrrole nitrogens is 2. The summed E-state index contributed by atoms with van der Waals surface area (Å²) in [4.78, 5) is 33.9. The van der Waals surface area contributed by atoms with Gasteiger partial charge in [-0.25, -0.2) is 0 Å². The fraction of sp³-hybridized carbons (Fsp3) is 0.362. The van der Waals surface area contributed by atoms with Crippen molar-refractivity contribution in [2.75, 3.05) is 31.8 Å². The largest absolute Gasteiger partial charge is 1.00 e. The number of nitrogens with one attached hydrogen (secondary N) is 4. The molecule has 58 heavy (non-hydrogen) atoms. The van der Waals surface area contributed by atoms with Gasteiger partial charge in [0.2, 0.25) is 0 Å². The zero-order chi connectivity index (χ0) is 39.9. The van der Waals surface area contributed by atoms with Crippen LogP contribution in [0.4, 0.5) is 11.4 Å². The minimum atomic E-state index is -0.153. The summed E-state index contributed by atoms with van der Waals surface area (Å²) in [5.41, 5.74) is 7.03. The summed E-state index contributed by atoms with van der Waals surface area (Å²) >= 11 is 12.1. The lowest BCUT2D eigenvalue weighted by atomic mass is 9.92. The molecule has 0 radical (unpaired) electrons. The first-order valence-corrected chi connectivity index (χ1v) is 21.1. The normalized spacial score (nSPS) is 15.1. The molecule has 8 rings (SSSR count). The van der Waals surface area contributed by atoms with E-state index < -0.39 is 0 Å². The van der Waals surface area contributed by atoms with E-state index in [1.54, 1.807) is 0 Å². The van der Waals surface area contributed by atoms with Gasteiger partial charge in [0.1, 0.15) is 17.9 Å². The Morgan fingerprint density at radius 3 is 1.57 bits per heavy atom. The molecule has 0 aliphatic heterocycles. The first kappa shape index (κ1) is 43.7. The lowest BCUT2D eigenvalue weighted by Crippen LogP contribution is -3.00. The Balaban J connectivity index is 0.000000192. The van der Waals surface area contributed by atoms with Crippen molar-refractivity contribution in [3.05, 3.63) is 130 Å². The predicted octanol–water partition coefficient (Wildman–Crippen LogP) is 8.82. The third-order valence-electron chi connectivity index (χ3n) is 11.9. The number of quaternary nitrogens is 1. The number of aromatic nitrogens is 2. The van der Waals surface area contributed by atoms with E-state index in [0.29, 0.717) is 27.5 Å². The van der Waals surface area contributed by atoms with Gasteiger partial charge in [-0.3, -0.25) is 14.5 Å². The van der Waals surface area contributed by atoms with Crippen molar-refractivity contribution in [1.82, 2.24) is 14.9 Å². The summed E-state index contributed by atoms with van der Waals surface area (Å²) in [6.07, 6.45) is 13.4. The molecule has 0 spiro atoms. The topological polar surface area (TPSA) is 93.0 Å². The van der Waals surface area contributed by atoms with Crippen LogP contribution in [-0.2, 0) is 13.1 Å². The molecule has 6 aromatic rings. The van der Waals surface area contributed by atoms with Crippen LogP contribution in [-0.4, -0.2) is 64.4 Å². The average Bonchev–Trinajstić information content (AvgIpc) is 3.84. The summed E-state index contributed by atoms with van der Waals surface area (Å²) < 4.78 is 1.03. The number of halogens is 3. The molecule has 306 valence electrons. The highest BCUT2D eigenvalue weighted by Gasteiger charge is 2.30. The molecule has 8 nitrogen and oxygen atoms in total. The number of fused-ring (bicyclic) bond motifs is 2. The number of rotatable bonds is 10. The molecule has 0 unspecified atom stereocenters. The van der Waals surface area contributed by atoms with Crippen LogP contribution in [0.5, 0.6) is 0 Å². The maximum Gasteiger partial charge on any atom is 0.272 e. The molecule has 2 aliphatic carbocycles. The second-order valence-electron chi connectivity index (χ2n) is 16.6. The molecule has 2 amide bonds. The number of hydrogen-bond donors (Lipinski definition) is 4. The lowest BCUT2D eigenvalue weighted by Gasteiger charge is -2.40. The van der Waals surface area contributed by atoms with Crippen molar-refractivity contribution in [2.45, 2.75) is 89.4 Å². The Labute approximate surface area is 369 Å². The van der Waals surface area contributed by atoms with Gasteiger partial charge >= 0.3 is 0 Å². The second-order valence-corrected chi connectivity index (χ2v) is 17.4. The Hall–Kier alpha value is -3.87. The average molecular weight is 934 g/mol. The Morgan fingerprint density at radius 1 is 0.638 bits per heavy atom. The van der Waals surface area contributed by atoms with Crippen LogP contribution in [0.1, 0.15) is 96.3 Å². The van der Waals surface area contributed by atoms with Crippen molar-refractivity contribution in [3.63, 3.8) is 0 Å². The number of benzene rings is 4. The molecule has 2 heterocycles. The number of amides is 2. The van der Waals surface area contributed by atoms with Gasteiger partial charge in [-0.1, -0.05) is 73.2 Å². The summed E-state index contributed by atoms with van der Waals surface area (Å²) in [6.45, 7) is 1.96. The summed E-state index contributed by atoms with van der Waals surface area (Å²) in [6, 6.07) is 32.6. The smallest absolute Gasteiger partial charge is 0.272 e. The van der Waals surface area contributed by atoms with Gasteiger partial charge in [0.15, 0.2) is 0 Å². The first-order valence-electron chi connectivity index (χ1n) is 20.4. The number of carbonyl (C=O) groups excluding carboxylic acids is 2. The molecule has 4 aromatic carbocycles. The fourth-order valence-corrected chi connectivity index (χ4v) is 8.92. The molecule has 0 saturated heterocycles. The van der Waals surface area contributed by atoms with Gasteiger partial charge in [0.05, 0.1) is 20.1 Å². The SMILES string of the molecule is CN(Cc1ccc(NC(=O)c2cc3cc(Cl)ccc3[nH]2)cc1)C1CCCCC1.C[N+](C)(Cc1ccc(NC(=O)c2cc3cc(Cl)ccc3[nH]2)cc1)C1CCCCC1.[I-]. The number of hydrogen-bond acceptors (Lipinski definition) is 3. The number of anilines is 2. The zero-order valence-corrected chi connectivity index (χ0v) is 37.4. The van der Waals surface area contributed by atoms with Gasteiger partial charge in [0, 0.05) is 61.4 Å². The molecule has 2 aromatic heterocycles. The fourth-order valence-electron chi connectivity index (χ4n) is 8.55. The standard InChI is InChI=1S/C24H28ClN3O.C23H26ClN3O.HI/c1-28(2,21-6-4-3-5-7-21)16-17-8-11-20(12-9-17)26-24(29)23-15-18-14-19(25)10-13-22(18)27-23;1-27(20-5-3-2-4-6-20)15-16-7-10-19(11-8-16)25-23(28)22-14-17-13-18(24)9-12-21(17)26-22;/h8-15,21H,3-7,16H2,1-2H3,(H-,26,27,29);7-14,20,26H,2-6,15H2,1H3,(H,25,28);1H. The van der Waals surface area contributed by atoms with Crippen LogP contribution < -0.4 is 34.6 Å². The minimum absolute atomic E-state index is 0. The third-order valence-corrected chi connectivity index (χ3v) is 12.3. The van der Waals surface area contributed by atoms with Crippen LogP contribution in [0.25, 0.3) is 21.8 Å². The van der Waals surface area contributed by atoms with Crippen LogP contribution in [0.15, 0.2) is 97.1 Å². The first-order chi connectivity index (χ1) is 27.5. The van der Waals surface area contributed by atoms with Crippen molar-refractivity contribution < 1.29 is 38.0 Å². The van der Waals surface area contributed by atoms with Crippen molar-refractivity contribution >= 4 is 68.2 Å². The highest BCUT2D eigenvalue weighted by molar-refractivity contribution is 6.31. The number of aromatic amines is 2. The summed E-state index contributed by atoms with van der Waals surface area (Å²) in [5, 5.41) is 9.12. The Bertz CT molecular complexity index is 2290. The number of nitrogens with zero attached hydrogens (tertiary/aromatic N) is 2. The maximum absolute atomic E-state index is 12.6. The van der Waals surface area contributed by atoms with E-state index in [1.165, 1.54) is 75.3 Å². The second kappa shape index (κ2) is 19.9. The van der Waals surface area contributed by atoms with E-state index in [1.807, 2.05) is 72.8 Å². The quantitative estimate of drug-likeness (QED) is 0.0818. The van der Waals surface area contributed by atoms with E-state index >= 15 is 0 Å². The molecule has 0 bridgehead atoms. The lowest BCUT2D eigenvalue weighted by molar-refractivity contribution is -0.929. The van der Waals surface area contributed by atoms with E-state index in [9.17, 15) is 9.59 Å². The molecule has 2 aliphatic rings. The Morgan fingerprint density at radius 2 is 1.09 bits per heavy atom. The molecular formula is C47H55Cl2IN6O2. The number of carbonyl (C=O) groups is 2. The van der Waals surface area contributed by atoms with E-state index in [4.69, 9.17) is 23.2 Å². The predicted molar refractivity (Wildman–Crippen MR) is 236 cm³/mol. The van der Waals surface area contributed by atoms with Crippen LogP contribution in [0.3, 0.4) is 0 Å². The highest BCUT2D eigenvalue weighted by atomic mass is 127. The van der Waals surface area contributed by atoms with Crippen LogP contribution >= 0.6 is 23.2 Å². The van der Waals surface area contributed by atoms with Gasteiger partial charge in [-0.05, 0) is 124 Å². The summed E-state index contributed by atoms with van der Waals surface area (Å²) in [7, 11) is 6.90. The van der Waals surface area contributed by atoms with Gasteiger partial charge in [-0.2, -0.15) is 0 Å². The van der Waals surface area contributed by atoms with E-state index in [2.05, 4.69) is 70.9 Å². The minimum Gasteiger partial charge on any atom is -1.00 e. The van der Waals surface area contributed by atoms with E-state index in [0.717, 1.165) is 56.8 Å². The third kappa shape index (κ3) is 11.4. The molecule has 2 fully saturated rings. The van der Waals surface area contributed by atoms with Crippen molar-refractivity contribution in [3.8, 4) is 0 Å². The molecule has 4 N–H and O–H groups in total. The van der Waals surface area contributed by atoms with Crippen molar-refractivity contribution in [2.24, 2.45) is 0 Å². The molecular weight excluding hydrogens is 878 g/mol. The van der Waals surface area contributed by atoms with Gasteiger partial charge in [0.25, 0.3) is 11.8 Å². The Kier molecular flexibility index (Phi) is 15.0. The van der Waals surface area contributed by atoms with E-state index in [-0.39, 0.29) is 35.8 Å². The van der Waals surface area contributed by atoms with Crippen LogP contribution in [0.2, 0.25) is 10.0 Å². The molecule has 0 atom stereocenters. The molecule has 11 heteroatoms. The van der Waals surface area contributed by atoms with Gasteiger partial charge in [-0.15, -0.1) is 0 Å². The van der Waals surface area contributed by atoms with Crippen molar-refractivity contribution in [1.29, 1.82) is 0 Å². The monoisotopic (exact) mass is 932 g/mol. The van der Waals surface area contributed by atoms with Gasteiger partial charge < -0.3 is 49.1 Å². The molecule has 2 saturated carbocycles. The maximum atomic E-state index is 12.6. The summed E-state index contributed by atoms with van der Waals surface area (Å²) in [5.74, 6) is -0.303. The highest BCUT2D eigenvalue weighted by Crippen LogP contribution is 2.29.